The Morgan fingerprint density at radius 2 is 1.95 bits per heavy atom. The Morgan fingerprint density at radius 3 is 2.69 bits per heavy atom. The molecule has 2 fully saturated rings. The smallest absolute Gasteiger partial charge is 0.246 e. The number of hydrogen-bond donors (Lipinski definition) is 1. The Balaban J connectivity index is 1.24. The maximum absolute atomic E-state index is 13.1. The van der Waals surface area contributed by atoms with Crippen molar-refractivity contribution in [1.29, 1.82) is 5.26 Å². The Morgan fingerprint density at radius 1 is 1.17 bits per heavy atom. The molecule has 0 aliphatic carbocycles. The third kappa shape index (κ3) is 5.44. The van der Waals surface area contributed by atoms with Gasteiger partial charge in [0.1, 0.15) is 41.1 Å². The number of hydrogen-bond acceptors (Lipinski definition) is 8. The van der Waals surface area contributed by atoms with Gasteiger partial charge in [-0.05, 0) is 49.7 Å². The standard InChI is InChI=1S/C32H33N7O3/c1-37(24-14-17-41-20-24)15-5-8-28(40)38-16-13-23(19-38)39-27(18-33)29(30-31(34)35-21-36-32(30)39)22-9-11-26(12-10-22)42-25-6-3-2-4-7-25/h2-12,21,23-24H,13-17,19-20H2,1H3,(H2,34,35,36). The lowest BCUT2D eigenvalue weighted by molar-refractivity contribution is -0.125. The highest BCUT2D eigenvalue weighted by atomic mass is 16.5. The molecule has 0 radical (unpaired) electrons. The fraction of sp³-hybridized carbons (Fsp3) is 0.312. The molecule has 4 aromatic rings. The van der Waals surface area contributed by atoms with Gasteiger partial charge in [-0.1, -0.05) is 36.4 Å². The number of benzene rings is 2. The fourth-order valence-electron chi connectivity index (χ4n) is 5.81. The van der Waals surface area contributed by atoms with E-state index >= 15 is 0 Å². The van der Waals surface area contributed by atoms with Crippen LogP contribution >= 0.6 is 0 Å². The van der Waals surface area contributed by atoms with E-state index in [1.165, 1.54) is 6.33 Å². The summed E-state index contributed by atoms with van der Waals surface area (Å²) in [5, 5.41) is 11.0. The molecule has 42 heavy (non-hydrogen) atoms. The molecule has 214 valence electrons. The molecule has 2 aromatic carbocycles. The van der Waals surface area contributed by atoms with Gasteiger partial charge in [-0.3, -0.25) is 9.69 Å². The van der Waals surface area contributed by atoms with Crippen molar-refractivity contribution in [2.75, 3.05) is 45.6 Å². The first kappa shape index (κ1) is 27.4. The summed E-state index contributed by atoms with van der Waals surface area (Å²) in [6.45, 7) is 3.28. The molecule has 2 atom stereocenters. The molecule has 10 heteroatoms. The summed E-state index contributed by atoms with van der Waals surface area (Å²) in [6.07, 6.45) is 6.70. The van der Waals surface area contributed by atoms with Crippen molar-refractivity contribution in [2.45, 2.75) is 24.9 Å². The summed E-state index contributed by atoms with van der Waals surface area (Å²) in [4.78, 5) is 25.9. The zero-order valence-electron chi connectivity index (χ0n) is 23.5. The van der Waals surface area contributed by atoms with E-state index in [1.54, 1.807) is 6.08 Å². The van der Waals surface area contributed by atoms with Gasteiger partial charge in [-0.2, -0.15) is 5.26 Å². The van der Waals surface area contributed by atoms with E-state index in [4.69, 9.17) is 15.2 Å². The van der Waals surface area contributed by atoms with Gasteiger partial charge in [0.2, 0.25) is 5.91 Å². The largest absolute Gasteiger partial charge is 0.457 e. The number of likely N-dealkylation sites (tertiary alicyclic amines) is 1. The zero-order chi connectivity index (χ0) is 29.1. The lowest BCUT2D eigenvalue weighted by Crippen LogP contribution is -2.32. The number of nitrogens with zero attached hydrogens (tertiary/aromatic N) is 6. The first-order chi connectivity index (χ1) is 20.5. The molecule has 2 aromatic heterocycles. The van der Waals surface area contributed by atoms with Crippen molar-refractivity contribution in [3.05, 3.63) is 78.8 Å². The van der Waals surface area contributed by atoms with Crippen LogP contribution in [0, 0.1) is 11.3 Å². The Kier molecular flexibility index (Phi) is 7.86. The number of nitrogen functional groups attached to an aromatic ring is 1. The zero-order valence-corrected chi connectivity index (χ0v) is 23.5. The average Bonchev–Trinajstić information content (AvgIpc) is 3.78. The molecule has 2 unspecified atom stereocenters. The first-order valence-corrected chi connectivity index (χ1v) is 14.1. The van der Waals surface area contributed by atoms with Gasteiger partial charge in [0.15, 0.2) is 0 Å². The molecule has 0 spiro atoms. The molecule has 1 amide bonds. The Hall–Kier alpha value is -4.72. The number of rotatable bonds is 8. The number of likely N-dealkylation sites (N-methyl/N-ethyl adjacent to an activating group) is 1. The van der Waals surface area contributed by atoms with Crippen molar-refractivity contribution in [3.63, 3.8) is 0 Å². The Labute approximate surface area is 244 Å². The normalized spacial score (nSPS) is 18.7. The minimum absolute atomic E-state index is 0.0353. The number of amides is 1. The number of ether oxygens (including phenoxy) is 2. The molecule has 2 aliphatic rings. The highest BCUT2D eigenvalue weighted by molar-refractivity contribution is 6.03. The van der Waals surface area contributed by atoms with E-state index in [0.29, 0.717) is 66.0 Å². The van der Waals surface area contributed by atoms with Crippen LogP contribution in [0.5, 0.6) is 11.5 Å². The first-order valence-electron chi connectivity index (χ1n) is 14.1. The van der Waals surface area contributed by atoms with Crippen LogP contribution in [0.3, 0.4) is 0 Å². The van der Waals surface area contributed by atoms with Gasteiger partial charge in [0, 0.05) is 43.9 Å². The topological polar surface area (TPSA) is 123 Å². The average molecular weight is 564 g/mol. The van der Waals surface area contributed by atoms with Gasteiger partial charge in [-0.15, -0.1) is 0 Å². The summed E-state index contributed by atoms with van der Waals surface area (Å²) in [6, 6.07) is 19.8. The van der Waals surface area contributed by atoms with Gasteiger partial charge < -0.3 is 24.7 Å². The highest BCUT2D eigenvalue weighted by Crippen LogP contribution is 2.40. The SMILES string of the molecule is CN(CC=CC(=O)N1CCC(n2c(C#N)c(-c3ccc(Oc4ccccc4)cc3)c3c(N)ncnc32)C1)C1CCOC1. The number of carbonyl (C=O) groups is 1. The van der Waals surface area contributed by atoms with Crippen LogP contribution in [0.4, 0.5) is 5.82 Å². The molecule has 2 N–H and O–H groups in total. The second-order valence-electron chi connectivity index (χ2n) is 10.7. The maximum atomic E-state index is 13.1. The summed E-state index contributed by atoms with van der Waals surface area (Å²) in [5.74, 6) is 1.69. The lowest BCUT2D eigenvalue weighted by atomic mass is 10.0. The second kappa shape index (κ2) is 12.0. The van der Waals surface area contributed by atoms with Crippen LogP contribution in [-0.4, -0.2) is 76.2 Å². The summed E-state index contributed by atoms with van der Waals surface area (Å²) in [7, 11) is 2.05. The van der Waals surface area contributed by atoms with Crippen molar-refractivity contribution < 1.29 is 14.3 Å². The van der Waals surface area contributed by atoms with Gasteiger partial charge in [-0.25, -0.2) is 9.97 Å². The van der Waals surface area contributed by atoms with Crippen LogP contribution in [0.25, 0.3) is 22.2 Å². The second-order valence-corrected chi connectivity index (χ2v) is 10.7. The summed E-state index contributed by atoms with van der Waals surface area (Å²) in [5.41, 5.74) is 8.91. The monoisotopic (exact) mass is 563 g/mol. The van der Waals surface area contributed by atoms with Crippen molar-refractivity contribution in [1.82, 2.24) is 24.3 Å². The molecular formula is C32H33N7O3. The number of aromatic nitrogens is 3. The molecule has 2 aliphatic heterocycles. The molecule has 0 saturated carbocycles. The van der Waals surface area contributed by atoms with Gasteiger partial charge in [0.05, 0.1) is 18.0 Å². The Bertz CT molecular complexity index is 1640. The predicted octanol–water partition coefficient (Wildman–Crippen LogP) is 4.39. The highest BCUT2D eigenvalue weighted by Gasteiger charge is 2.32. The van der Waals surface area contributed by atoms with E-state index in [0.717, 1.165) is 30.9 Å². The van der Waals surface area contributed by atoms with Crippen molar-refractivity contribution >= 4 is 22.8 Å². The number of fused-ring (bicyclic) bond motifs is 1. The van der Waals surface area contributed by atoms with E-state index in [1.807, 2.05) is 70.1 Å². The van der Waals surface area contributed by atoms with Crippen LogP contribution in [0.2, 0.25) is 0 Å². The molecule has 0 bridgehead atoms. The quantitative estimate of drug-likeness (QED) is 0.313. The van der Waals surface area contributed by atoms with Crippen LogP contribution in [0.1, 0.15) is 24.6 Å². The number of para-hydroxylation sites is 1. The number of anilines is 1. The molecule has 10 nitrogen and oxygen atoms in total. The minimum Gasteiger partial charge on any atom is -0.457 e. The van der Waals surface area contributed by atoms with E-state index in [-0.39, 0.29) is 11.9 Å². The number of carbonyl (C=O) groups excluding carboxylic acids is 1. The molecular weight excluding hydrogens is 530 g/mol. The van der Waals surface area contributed by atoms with E-state index in [9.17, 15) is 10.1 Å². The van der Waals surface area contributed by atoms with Crippen molar-refractivity contribution in [3.8, 4) is 28.7 Å². The summed E-state index contributed by atoms with van der Waals surface area (Å²) >= 11 is 0. The van der Waals surface area contributed by atoms with E-state index in [2.05, 4.69) is 28.0 Å². The van der Waals surface area contributed by atoms with Crippen molar-refractivity contribution in [2.24, 2.45) is 0 Å². The van der Waals surface area contributed by atoms with Crippen LogP contribution in [0.15, 0.2) is 73.1 Å². The van der Waals surface area contributed by atoms with Crippen LogP contribution < -0.4 is 10.5 Å². The third-order valence-corrected chi connectivity index (χ3v) is 8.06. The van der Waals surface area contributed by atoms with Gasteiger partial charge in [0.25, 0.3) is 0 Å². The molecule has 2 saturated heterocycles. The maximum Gasteiger partial charge on any atom is 0.246 e. The molecule has 4 heterocycles. The number of nitrogens with two attached hydrogens (primary N) is 1. The lowest BCUT2D eigenvalue weighted by Gasteiger charge is -2.21. The predicted molar refractivity (Wildman–Crippen MR) is 160 cm³/mol. The third-order valence-electron chi connectivity index (χ3n) is 8.06. The fourth-order valence-corrected chi connectivity index (χ4v) is 5.81. The van der Waals surface area contributed by atoms with Crippen LogP contribution in [-0.2, 0) is 9.53 Å². The minimum atomic E-state index is -0.124. The molecule has 6 rings (SSSR count). The van der Waals surface area contributed by atoms with E-state index < -0.39 is 0 Å². The number of nitriles is 1. The van der Waals surface area contributed by atoms with Gasteiger partial charge >= 0.3 is 0 Å². The summed E-state index contributed by atoms with van der Waals surface area (Å²) < 4.78 is 13.4.